The Morgan fingerprint density at radius 2 is 2.36 bits per heavy atom. The molecule has 0 bridgehead atoms. The molecule has 0 unspecified atom stereocenters. The molecule has 0 saturated carbocycles. The normalized spacial score (nSPS) is 9.79. The summed E-state index contributed by atoms with van der Waals surface area (Å²) in [7, 11) is 1.57. The van der Waals surface area contributed by atoms with E-state index in [4.69, 9.17) is 4.74 Å². The molecule has 14 heavy (non-hydrogen) atoms. The maximum Gasteiger partial charge on any atom is 0.250 e. The van der Waals surface area contributed by atoms with E-state index in [9.17, 15) is 9.59 Å². The summed E-state index contributed by atoms with van der Waals surface area (Å²) < 4.78 is 6.33. The second-order valence-electron chi connectivity index (χ2n) is 2.70. The Balaban J connectivity index is 2.84. The number of nitrogens with zero attached hydrogens (tertiary/aromatic N) is 1. The van der Waals surface area contributed by atoms with Crippen molar-refractivity contribution in [2.75, 3.05) is 19.0 Å². The number of ether oxygens (including phenoxy) is 1. The average molecular weight is 196 g/mol. The summed E-state index contributed by atoms with van der Waals surface area (Å²) in [6.07, 6.45) is 2.15. The topological polar surface area (TPSA) is 60.3 Å². The molecule has 0 spiro atoms. The van der Waals surface area contributed by atoms with Crippen molar-refractivity contribution in [1.82, 2.24) is 4.57 Å². The van der Waals surface area contributed by atoms with Crippen LogP contribution in [0, 0.1) is 0 Å². The zero-order valence-corrected chi connectivity index (χ0v) is 7.90. The van der Waals surface area contributed by atoms with E-state index in [2.05, 4.69) is 5.32 Å². The highest BCUT2D eigenvalue weighted by Crippen LogP contribution is 2.00. The highest BCUT2D eigenvalue weighted by Gasteiger charge is 1.97. The van der Waals surface area contributed by atoms with Crippen LogP contribution in [0.5, 0.6) is 0 Å². The lowest BCUT2D eigenvalue weighted by Gasteiger charge is -2.06. The minimum absolute atomic E-state index is 0.113. The van der Waals surface area contributed by atoms with Crippen LogP contribution in [-0.2, 0) is 16.1 Å². The number of carbonyl (C=O) groups is 1. The van der Waals surface area contributed by atoms with Crippen molar-refractivity contribution >= 4 is 12.1 Å². The standard InChI is InChI=1S/C9H12N2O3/c1-14-5-4-11-6-8(10-7-12)2-3-9(11)13/h2-3,6-7H,4-5H2,1H3,(H,10,12). The van der Waals surface area contributed by atoms with Crippen LogP contribution in [0.25, 0.3) is 0 Å². The zero-order chi connectivity index (χ0) is 10.4. The molecule has 0 aromatic carbocycles. The maximum atomic E-state index is 11.3. The molecule has 5 nitrogen and oxygen atoms in total. The van der Waals surface area contributed by atoms with E-state index in [-0.39, 0.29) is 5.56 Å². The molecule has 0 saturated heterocycles. The molecular formula is C9H12N2O3. The van der Waals surface area contributed by atoms with Gasteiger partial charge in [-0.2, -0.15) is 0 Å². The lowest BCUT2D eigenvalue weighted by molar-refractivity contribution is -0.105. The van der Waals surface area contributed by atoms with Crippen molar-refractivity contribution in [2.24, 2.45) is 0 Å². The lowest BCUT2D eigenvalue weighted by atomic mass is 10.4. The van der Waals surface area contributed by atoms with Gasteiger partial charge in [0.25, 0.3) is 5.56 Å². The third-order valence-corrected chi connectivity index (χ3v) is 1.75. The maximum absolute atomic E-state index is 11.3. The van der Waals surface area contributed by atoms with Gasteiger partial charge in [-0.1, -0.05) is 0 Å². The van der Waals surface area contributed by atoms with E-state index in [0.29, 0.717) is 25.2 Å². The quantitative estimate of drug-likeness (QED) is 0.677. The van der Waals surface area contributed by atoms with Crippen LogP contribution in [0.1, 0.15) is 0 Å². The van der Waals surface area contributed by atoms with Crippen LogP contribution in [0.3, 0.4) is 0 Å². The molecular weight excluding hydrogens is 184 g/mol. The molecule has 0 aliphatic heterocycles. The summed E-state index contributed by atoms with van der Waals surface area (Å²) in [4.78, 5) is 21.4. The number of pyridine rings is 1. The first-order valence-electron chi connectivity index (χ1n) is 4.17. The molecule has 1 amide bonds. The predicted molar refractivity (Wildman–Crippen MR) is 52.3 cm³/mol. The number of hydrogen-bond donors (Lipinski definition) is 1. The highest BCUT2D eigenvalue weighted by atomic mass is 16.5. The Labute approximate surface area is 81.3 Å². The highest BCUT2D eigenvalue weighted by molar-refractivity contribution is 5.70. The molecule has 1 rings (SSSR count). The van der Waals surface area contributed by atoms with Gasteiger partial charge in [-0.05, 0) is 6.07 Å². The van der Waals surface area contributed by atoms with E-state index in [1.54, 1.807) is 19.4 Å². The Morgan fingerprint density at radius 3 is 3.00 bits per heavy atom. The fraction of sp³-hybridized carbons (Fsp3) is 0.333. The van der Waals surface area contributed by atoms with Gasteiger partial charge in [0.05, 0.1) is 12.3 Å². The Bertz CT molecular complexity index is 359. The molecule has 5 heteroatoms. The summed E-state index contributed by atoms with van der Waals surface area (Å²) in [5.41, 5.74) is 0.481. The molecule has 76 valence electrons. The first-order chi connectivity index (χ1) is 6.77. The molecule has 0 atom stereocenters. The molecule has 1 aromatic rings. The minimum Gasteiger partial charge on any atom is -0.383 e. The van der Waals surface area contributed by atoms with Crippen molar-refractivity contribution < 1.29 is 9.53 Å². The van der Waals surface area contributed by atoms with Gasteiger partial charge in [0.2, 0.25) is 6.41 Å². The van der Waals surface area contributed by atoms with Gasteiger partial charge in [0.15, 0.2) is 0 Å². The second kappa shape index (κ2) is 5.18. The minimum atomic E-state index is -0.113. The van der Waals surface area contributed by atoms with E-state index in [1.807, 2.05) is 0 Å². The van der Waals surface area contributed by atoms with Gasteiger partial charge in [-0.3, -0.25) is 9.59 Å². The van der Waals surface area contributed by atoms with E-state index >= 15 is 0 Å². The first-order valence-corrected chi connectivity index (χ1v) is 4.17. The van der Waals surface area contributed by atoms with Crippen molar-refractivity contribution in [1.29, 1.82) is 0 Å². The van der Waals surface area contributed by atoms with Crippen molar-refractivity contribution in [2.45, 2.75) is 6.54 Å². The van der Waals surface area contributed by atoms with Crippen LogP contribution in [0.2, 0.25) is 0 Å². The van der Waals surface area contributed by atoms with E-state index < -0.39 is 0 Å². The predicted octanol–water partition coefficient (Wildman–Crippen LogP) is 0.0630. The first kappa shape index (κ1) is 10.5. The number of rotatable bonds is 5. The summed E-state index contributed by atoms with van der Waals surface area (Å²) in [5.74, 6) is 0. The number of aromatic nitrogens is 1. The Morgan fingerprint density at radius 1 is 1.57 bits per heavy atom. The summed E-state index contributed by atoms with van der Waals surface area (Å²) in [5, 5.41) is 2.47. The lowest BCUT2D eigenvalue weighted by Crippen LogP contribution is -2.21. The van der Waals surface area contributed by atoms with Gasteiger partial charge >= 0.3 is 0 Å². The smallest absolute Gasteiger partial charge is 0.250 e. The van der Waals surface area contributed by atoms with E-state index in [1.165, 1.54) is 10.6 Å². The van der Waals surface area contributed by atoms with Crippen LogP contribution in [-0.4, -0.2) is 24.7 Å². The van der Waals surface area contributed by atoms with Gasteiger partial charge in [-0.15, -0.1) is 0 Å². The summed E-state index contributed by atoms with van der Waals surface area (Å²) in [6, 6.07) is 2.96. The Hall–Kier alpha value is -1.62. The zero-order valence-electron chi connectivity index (χ0n) is 7.90. The van der Waals surface area contributed by atoms with Gasteiger partial charge in [-0.25, -0.2) is 0 Å². The molecule has 1 aromatic heterocycles. The van der Waals surface area contributed by atoms with Crippen LogP contribution in [0.15, 0.2) is 23.1 Å². The molecule has 1 heterocycles. The SMILES string of the molecule is COCCn1cc(NC=O)ccc1=O. The number of amides is 1. The second-order valence-corrected chi connectivity index (χ2v) is 2.70. The van der Waals surface area contributed by atoms with Crippen molar-refractivity contribution in [3.05, 3.63) is 28.7 Å². The number of anilines is 1. The largest absolute Gasteiger partial charge is 0.383 e. The van der Waals surface area contributed by atoms with Crippen molar-refractivity contribution in [3.63, 3.8) is 0 Å². The van der Waals surface area contributed by atoms with Crippen LogP contribution in [0.4, 0.5) is 5.69 Å². The average Bonchev–Trinajstić information content (AvgIpc) is 2.19. The summed E-state index contributed by atoms with van der Waals surface area (Å²) >= 11 is 0. The molecule has 0 aliphatic rings. The van der Waals surface area contributed by atoms with E-state index in [0.717, 1.165) is 0 Å². The van der Waals surface area contributed by atoms with Gasteiger partial charge < -0.3 is 14.6 Å². The number of methoxy groups -OCH3 is 1. The van der Waals surface area contributed by atoms with Crippen molar-refractivity contribution in [3.8, 4) is 0 Å². The third-order valence-electron chi connectivity index (χ3n) is 1.75. The number of carbonyl (C=O) groups excluding carboxylic acids is 1. The van der Waals surface area contributed by atoms with Gasteiger partial charge in [0, 0.05) is 25.9 Å². The number of nitrogens with one attached hydrogen (secondary N) is 1. The summed E-state index contributed by atoms with van der Waals surface area (Å²) in [6.45, 7) is 0.939. The number of hydrogen-bond acceptors (Lipinski definition) is 3. The fourth-order valence-corrected chi connectivity index (χ4v) is 1.05. The molecule has 1 N–H and O–H groups in total. The van der Waals surface area contributed by atoms with Gasteiger partial charge in [0.1, 0.15) is 0 Å². The van der Waals surface area contributed by atoms with Crippen LogP contribution < -0.4 is 10.9 Å². The Kier molecular flexibility index (Phi) is 3.87. The third kappa shape index (κ3) is 2.70. The fourth-order valence-electron chi connectivity index (χ4n) is 1.05. The molecule has 0 fully saturated rings. The molecule has 0 radical (unpaired) electrons. The molecule has 0 aliphatic carbocycles. The van der Waals surface area contributed by atoms with Crippen LogP contribution >= 0.6 is 0 Å². The monoisotopic (exact) mass is 196 g/mol.